The quantitative estimate of drug-likeness (QED) is 0.515. The first kappa shape index (κ1) is 11.5. The van der Waals surface area contributed by atoms with Crippen molar-refractivity contribution in [1.82, 2.24) is 5.32 Å². The highest BCUT2D eigenvalue weighted by Crippen LogP contribution is 1.92. The second-order valence-electron chi connectivity index (χ2n) is 2.46. The van der Waals surface area contributed by atoms with Crippen LogP contribution in [-0.2, 0) is 4.79 Å². The third-order valence-corrected chi connectivity index (χ3v) is 1.17. The van der Waals surface area contributed by atoms with Gasteiger partial charge in [-0.15, -0.1) is 0 Å². The summed E-state index contributed by atoms with van der Waals surface area (Å²) in [5.74, 6) is 0.0386. The zero-order chi connectivity index (χ0) is 10.1. The van der Waals surface area contributed by atoms with Crippen LogP contribution in [0.25, 0.3) is 0 Å². The SMILES string of the molecule is CC\C=C/C(O)=C\C=C\NC(C)=O. The summed E-state index contributed by atoms with van der Waals surface area (Å²) in [7, 11) is 0. The van der Waals surface area contributed by atoms with Gasteiger partial charge in [-0.2, -0.15) is 0 Å². The molecule has 0 atom stereocenters. The highest BCUT2D eigenvalue weighted by atomic mass is 16.3. The van der Waals surface area contributed by atoms with Crippen molar-refractivity contribution in [2.24, 2.45) is 0 Å². The molecule has 0 unspecified atom stereocenters. The Balaban J connectivity index is 3.88. The number of nitrogens with one attached hydrogen (secondary N) is 1. The largest absolute Gasteiger partial charge is 0.508 e. The molecule has 0 aliphatic heterocycles. The number of hydrogen-bond donors (Lipinski definition) is 2. The molecule has 1 amide bonds. The second-order valence-corrected chi connectivity index (χ2v) is 2.46. The Morgan fingerprint density at radius 3 is 2.77 bits per heavy atom. The van der Waals surface area contributed by atoms with Gasteiger partial charge in [-0.05, 0) is 24.6 Å². The van der Waals surface area contributed by atoms with Crippen molar-refractivity contribution in [3.05, 3.63) is 36.3 Å². The van der Waals surface area contributed by atoms with Crippen molar-refractivity contribution in [3.8, 4) is 0 Å². The Hall–Kier alpha value is -1.51. The minimum Gasteiger partial charge on any atom is -0.508 e. The van der Waals surface area contributed by atoms with Gasteiger partial charge < -0.3 is 10.4 Å². The normalized spacial score (nSPS) is 12.6. The summed E-state index contributed by atoms with van der Waals surface area (Å²) in [6.07, 6.45) is 8.88. The summed E-state index contributed by atoms with van der Waals surface area (Å²) in [6.45, 7) is 3.40. The fourth-order valence-electron chi connectivity index (χ4n) is 0.606. The fraction of sp³-hybridized carbons (Fsp3) is 0.300. The number of carbonyl (C=O) groups is 1. The van der Waals surface area contributed by atoms with Gasteiger partial charge in [-0.1, -0.05) is 13.0 Å². The molecule has 0 aromatic rings. The summed E-state index contributed by atoms with van der Waals surface area (Å²) in [5, 5.41) is 11.6. The number of hydrogen-bond acceptors (Lipinski definition) is 2. The van der Waals surface area contributed by atoms with Crippen molar-refractivity contribution in [3.63, 3.8) is 0 Å². The lowest BCUT2D eigenvalue weighted by molar-refractivity contribution is -0.118. The topological polar surface area (TPSA) is 49.3 Å². The maximum absolute atomic E-state index is 10.4. The van der Waals surface area contributed by atoms with E-state index in [0.717, 1.165) is 6.42 Å². The van der Waals surface area contributed by atoms with Crippen LogP contribution in [0.2, 0.25) is 0 Å². The Morgan fingerprint density at radius 2 is 2.23 bits per heavy atom. The van der Waals surface area contributed by atoms with Crippen LogP contribution in [0.15, 0.2) is 36.3 Å². The Bertz CT molecular complexity index is 239. The summed E-state index contributed by atoms with van der Waals surface area (Å²) in [6, 6.07) is 0. The molecule has 3 nitrogen and oxygen atoms in total. The molecule has 0 aromatic carbocycles. The highest BCUT2D eigenvalue weighted by Gasteiger charge is 1.82. The van der Waals surface area contributed by atoms with Crippen molar-refractivity contribution in [1.29, 1.82) is 0 Å². The molecule has 2 N–H and O–H groups in total. The molecule has 0 bridgehead atoms. The maximum Gasteiger partial charge on any atom is 0.220 e. The van der Waals surface area contributed by atoms with E-state index in [1.807, 2.05) is 13.0 Å². The molecular formula is C10H15NO2. The van der Waals surface area contributed by atoms with E-state index in [1.165, 1.54) is 19.2 Å². The van der Waals surface area contributed by atoms with Gasteiger partial charge in [0.1, 0.15) is 5.76 Å². The van der Waals surface area contributed by atoms with Gasteiger partial charge in [0.15, 0.2) is 0 Å². The van der Waals surface area contributed by atoms with Crippen LogP contribution >= 0.6 is 0 Å². The molecule has 0 aromatic heterocycles. The number of amides is 1. The van der Waals surface area contributed by atoms with Gasteiger partial charge in [0.05, 0.1) is 0 Å². The van der Waals surface area contributed by atoms with Gasteiger partial charge >= 0.3 is 0 Å². The number of carbonyl (C=O) groups excluding carboxylic acids is 1. The second kappa shape index (κ2) is 7.16. The molecule has 0 rings (SSSR count). The fourth-order valence-corrected chi connectivity index (χ4v) is 0.606. The molecule has 0 saturated carbocycles. The predicted octanol–water partition coefficient (Wildman–Crippen LogP) is 2.04. The summed E-state index contributed by atoms with van der Waals surface area (Å²) >= 11 is 0. The van der Waals surface area contributed by atoms with Crippen LogP contribution in [0.3, 0.4) is 0 Å². The van der Waals surface area contributed by atoms with Crippen molar-refractivity contribution in [2.75, 3.05) is 0 Å². The zero-order valence-corrected chi connectivity index (χ0v) is 7.95. The first-order chi connectivity index (χ1) is 6.16. The molecule has 0 radical (unpaired) electrons. The average molecular weight is 181 g/mol. The van der Waals surface area contributed by atoms with Crippen molar-refractivity contribution < 1.29 is 9.90 Å². The lowest BCUT2D eigenvalue weighted by Crippen LogP contribution is -2.10. The lowest BCUT2D eigenvalue weighted by atomic mass is 10.3. The lowest BCUT2D eigenvalue weighted by Gasteiger charge is -1.89. The number of allylic oxidation sites excluding steroid dienone is 4. The average Bonchev–Trinajstić information content (AvgIpc) is 2.08. The van der Waals surface area contributed by atoms with E-state index in [0.29, 0.717) is 0 Å². The van der Waals surface area contributed by atoms with Gasteiger partial charge in [0, 0.05) is 13.1 Å². The van der Waals surface area contributed by atoms with E-state index in [-0.39, 0.29) is 11.7 Å². The first-order valence-corrected chi connectivity index (χ1v) is 4.16. The van der Waals surface area contributed by atoms with Gasteiger partial charge in [-0.3, -0.25) is 4.79 Å². The molecule has 0 fully saturated rings. The van der Waals surface area contributed by atoms with Crippen LogP contribution in [0.4, 0.5) is 0 Å². The predicted molar refractivity (Wildman–Crippen MR) is 53.1 cm³/mol. The van der Waals surface area contributed by atoms with Crippen LogP contribution in [0.5, 0.6) is 0 Å². The number of aliphatic hydroxyl groups is 1. The minimum atomic E-state index is -0.131. The van der Waals surface area contributed by atoms with Crippen LogP contribution < -0.4 is 5.32 Å². The smallest absolute Gasteiger partial charge is 0.220 e. The molecule has 0 heterocycles. The van der Waals surface area contributed by atoms with Crippen molar-refractivity contribution >= 4 is 5.91 Å². The third-order valence-electron chi connectivity index (χ3n) is 1.17. The van der Waals surface area contributed by atoms with E-state index in [9.17, 15) is 4.79 Å². The van der Waals surface area contributed by atoms with E-state index >= 15 is 0 Å². The molecule has 13 heavy (non-hydrogen) atoms. The third kappa shape index (κ3) is 8.40. The minimum absolute atomic E-state index is 0.131. The summed E-state index contributed by atoms with van der Waals surface area (Å²) in [4.78, 5) is 10.4. The molecule has 0 aliphatic carbocycles. The van der Waals surface area contributed by atoms with Crippen LogP contribution in [0.1, 0.15) is 20.3 Å². The van der Waals surface area contributed by atoms with E-state index in [1.54, 1.807) is 12.2 Å². The number of rotatable bonds is 4. The Kier molecular flexibility index (Phi) is 6.32. The Labute approximate surface area is 78.5 Å². The zero-order valence-electron chi connectivity index (χ0n) is 7.95. The molecule has 3 heteroatoms. The molecular weight excluding hydrogens is 166 g/mol. The monoisotopic (exact) mass is 181 g/mol. The van der Waals surface area contributed by atoms with Crippen molar-refractivity contribution in [2.45, 2.75) is 20.3 Å². The highest BCUT2D eigenvalue weighted by molar-refractivity contribution is 5.73. The molecule has 0 aliphatic rings. The van der Waals surface area contributed by atoms with E-state index < -0.39 is 0 Å². The molecule has 0 spiro atoms. The van der Waals surface area contributed by atoms with E-state index in [4.69, 9.17) is 5.11 Å². The van der Waals surface area contributed by atoms with Gasteiger partial charge in [0.2, 0.25) is 5.91 Å². The van der Waals surface area contributed by atoms with Gasteiger partial charge in [0.25, 0.3) is 0 Å². The summed E-state index contributed by atoms with van der Waals surface area (Å²) < 4.78 is 0. The summed E-state index contributed by atoms with van der Waals surface area (Å²) in [5.41, 5.74) is 0. The van der Waals surface area contributed by atoms with Crippen LogP contribution in [-0.4, -0.2) is 11.0 Å². The number of aliphatic hydroxyl groups excluding tert-OH is 1. The first-order valence-electron chi connectivity index (χ1n) is 4.16. The van der Waals surface area contributed by atoms with Crippen LogP contribution in [0, 0.1) is 0 Å². The maximum atomic E-state index is 10.4. The molecule has 72 valence electrons. The Morgan fingerprint density at radius 1 is 1.54 bits per heavy atom. The standard InChI is InChI=1S/C10H15NO2/c1-3-4-6-10(13)7-5-8-11-9(2)12/h4-8,13H,3H2,1-2H3,(H,11,12)/b6-4-,8-5+,10-7+. The molecule has 0 saturated heterocycles. The van der Waals surface area contributed by atoms with E-state index in [2.05, 4.69) is 5.32 Å². The van der Waals surface area contributed by atoms with Gasteiger partial charge in [-0.25, -0.2) is 0 Å².